The number of hydrogen-bond donors (Lipinski definition) is 1. The van der Waals surface area contributed by atoms with Crippen LogP contribution in [0, 0.1) is 5.82 Å². The maximum atomic E-state index is 13.7. The van der Waals surface area contributed by atoms with Crippen LogP contribution in [0.15, 0.2) is 40.9 Å². The van der Waals surface area contributed by atoms with Gasteiger partial charge in [-0.05, 0) is 12.1 Å². The zero-order valence-electron chi connectivity index (χ0n) is 11.2. The molecule has 0 saturated heterocycles. The first-order valence-electron chi connectivity index (χ1n) is 6.03. The molecule has 5 heteroatoms. The second-order valence-corrected chi connectivity index (χ2v) is 5.11. The molecule has 3 nitrogen and oxygen atoms in total. The SMILES string of the molecule is COc1cc(NCc2ccc(Br)cc2F)cc(OC)c1. The van der Waals surface area contributed by atoms with Crippen LogP contribution >= 0.6 is 15.9 Å². The quantitative estimate of drug-likeness (QED) is 0.884. The molecule has 0 aliphatic rings. The lowest BCUT2D eigenvalue weighted by molar-refractivity contribution is 0.394. The summed E-state index contributed by atoms with van der Waals surface area (Å²) in [6, 6.07) is 10.4. The van der Waals surface area contributed by atoms with E-state index >= 15 is 0 Å². The molecule has 0 fully saturated rings. The molecular formula is C15H15BrFNO2. The molecule has 0 spiro atoms. The molecule has 1 N–H and O–H groups in total. The average Bonchev–Trinajstić information content (AvgIpc) is 2.46. The number of methoxy groups -OCH3 is 2. The summed E-state index contributed by atoms with van der Waals surface area (Å²) in [4.78, 5) is 0. The van der Waals surface area contributed by atoms with Crippen LogP contribution in [0.25, 0.3) is 0 Å². The van der Waals surface area contributed by atoms with Gasteiger partial charge in [-0.3, -0.25) is 0 Å². The summed E-state index contributed by atoms with van der Waals surface area (Å²) in [5, 5.41) is 3.16. The van der Waals surface area contributed by atoms with Gasteiger partial charge in [0.1, 0.15) is 17.3 Å². The minimum atomic E-state index is -0.248. The van der Waals surface area contributed by atoms with Crippen molar-refractivity contribution >= 4 is 21.6 Å². The second kappa shape index (κ2) is 6.61. The van der Waals surface area contributed by atoms with Gasteiger partial charge in [0.05, 0.1) is 14.2 Å². The summed E-state index contributed by atoms with van der Waals surface area (Å²) < 4.78 is 24.8. The fraction of sp³-hybridized carbons (Fsp3) is 0.200. The Morgan fingerprint density at radius 3 is 2.25 bits per heavy atom. The van der Waals surface area contributed by atoms with E-state index < -0.39 is 0 Å². The second-order valence-electron chi connectivity index (χ2n) is 4.19. The van der Waals surface area contributed by atoms with Crippen molar-refractivity contribution in [3.05, 3.63) is 52.3 Å². The van der Waals surface area contributed by atoms with Crippen LogP contribution in [0.4, 0.5) is 10.1 Å². The van der Waals surface area contributed by atoms with E-state index in [4.69, 9.17) is 9.47 Å². The highest BCUT2D eigenvalue weighted by atomic mass is 79.9. The largest absolute Gasteiger partial charge is 0.497 e. The van der Waals surface area contributed by atoms with Crippen molar-refractivity contribution in [1.82, 2.24) is 0 Å². The molecule has 0 saturated carbocycles. The maximum absolute atomic E-state index is 13.7. The van der Waals surface area contributed by atoms with Crippen molar-refractivity contribution in [2.45, 2.75) is 6.54 Å². The smallest absolute Gasteiger partial charge is 0.129 e. The molecule has 20 heavy (non-hydrogen) atoms. The molecule has 2 aromatic carbocycles. The fourth-order valence-corrected chi connectivity index (χ4v) is 2.10. The molecule has 2 rings (SSSR count). The zero-order chi connectivity index (χ0) is 14.5. The highest BCUT2D eigenvalue weighted by molar-refractivity contribution is 9.10. The standard InChI is InChI=1S/C15H15BrFNO2/c1-19-13-6-12(7-14(8-13)20-2)18-9-10-3-4-11(16)5-15(10)17/h3-8,18H,9H2,1-2H3. The average molecular weight is 340 g/mol. The Kier molecular flexibility index (Phi) is 4.84. The molecule has 0 amide bonds. The van der Waals surface area contributed by atoms with Gasteiger partial charge < -0.3 is 14.8 Å². The summed E-state index contributed by atoms with van der Waals surface area (Å²) in [5.74, 6) is 1.12. The third kappa shape index (κ3) is 3.63. The Labute approximate surface area is 125 Å². The van der Waals surface area contributed by atoms with E-state index in [2.05, 4.69) is 21.2 Å². The molecule has 2 aromatic rings. The predicted molar refractivity (Wildman–Crippen MR) is 81.0 cm³/mol. The molecule has 106 valence electrons. The van der Waals surface area contributed by atoms with Gasteiger partial charge in [0.2, 0.25) is 0 Å². The van der Waals surface area contributed by atoms with E-state index in [1.165, 1.54) is 6.07 Å². The number of hydrogen-bond acceptors (Lipinski definition) is 3. The summed E-state index contributed by atoms with van der Waals surface area (Å²) >= 11 is 3.24. The summed E-state index contributed by atoms with van der Waals surface area (Å²) in [7, 11) is 3.18. The molecule has 0 heterocycles. The highest BCUT2D eigenvalue weighted by Crippen LogP contribution is 2.26. The topological polar surface area (TPSA) is 30.5 Å². The molecule has 0 radical (unpaired) electrons. The van der Waals surface area contributed by atoms with Crippen LogP contribution < -0.4 is 14.8 Å². The van der Waals surface area contributed by atoms with Crippen LogP contribution in [0.5, 0.6) is 11.5 Å². The number of ether oxygens (including phenoxy) is 2. The summed E-state index contributed by atoms with van der Waals surface area (Å²) in [6.45, 7) is 0.384. The number of nitrogens with one attached hydrogen (secondary N) is 1. The lowest BCUT2D eigenvalue weighted by Gasteiger charge is -2.11. The number of rotatable bonds is 5. The van der Waals surface area contributed by atoms with E-state index in [1.807, 2.05) is 18.2 Å². The number of halogens is 2. The first-order valence-corrected chi connectivity index (χ1v) is 6.82. The predicted octanol–water partition coefficient (Wildman–Crippen LogP) is 4.22. The van der Waals surface area contributed by atoms with Crippen molar-refractivity contribution < 1.29 is 13.9 Å². The van der Waals surface area contributed by atoms with Crippen LogP contribution in [0.2, 0.25) is 0 Å². The molecule has 0 aliphatic carbocycles. The minimum Gasteiger partial charge on any atom is -0.497 e. The summed E-state index contributed by atoms with van der Waals surface area (Å²) in [5.41, 5.74) is 1.40. The van der Waals surface area contributed by atoms with E-state index in [0.29, 0.717) is 23.6 Å². The van der Waals surface area contributed by atoms with Crippen molar-refractivity contribution in [3.63, 3.8) is 0 Å². The normalized spacial score (nSPS) is 10.2. The van der Waals surface area contributed by atoms with Crippen LogP contribution in [0.1, 0.15) is 5.56 Å². The van der Waals surface area contributed by atoms with Gasteiger partial charge >= 0.3 is 0 Å². The lowest BCUT2D eigenvalue weighted by atomic mass is 10.2. The molecule has 0 bridgehead atoms. The van der Waals surface area contributed by atoms with Crippen LogP contribution in [-0.4, -0.2) is 14.2 Å². The monoisotopic (exact) mass is 339 g/mol. The fourth-order valence-electron chi connectivity index (χ4n) is 1.77. The zero-order valence-corrected chi connectivity index (χ0v) is 12.8. The lowest BCUT2D eigenvalue weighted by Crippen LogP contribution is -2.02. The third-order valence-electron chi connectivity index (χ3n) is 2.85. The molecular weight excluding hydrogens is 325 g/mol. The molecule has 0 unspecified atom stereocenters. The number of anilines is 1. The van der Waals surface area contributed by atoms with Gasteiger partial charge in [-0.25, -0.2) is 4.39 Å². The van der Waals surface area contributed by atoms with Gasteiger partial charge in [-0.1, -0.05) is 22.0 Å². The Morgan fingerprint density at radius 2 is 1.70 bits per heavy atom. The Morgan fingerprint density at radius 1 is 1.05 bits per heavy atom. The van der Waals surface area contributed by atoms with Gasteiger partial charge in [0, 0.05) is 40.5 Å². The van der Waals surface area contributed by atoms with E-state index in [1.54, 1.807) is 26.4 Å². The Hall–Kier alpha value is -1.75. The van der Waals surface area contributed by atoms with E-state index in [9.17, 15) is 4.39 Å². The van der Waals surface area contributed by atoms with E-state index in [0.717, 1.165) is 10.2 Å². The van der Waals surface area contributed by atoms with Gasteiger partial charge in [0.25, 0.3) is 0 Å². The van der Waals surface area contributed by atoms with Crippen molar-refractivity contribution in [3.8, 4) is 11.5 Å². The van der Waals surface area contributed by atoms with E-state index in [-0.39, 0.29) is 5.82 Å². The minimum absolute atomic E-state index is 0.248. The Bertz CT molecular complexity index is 582. The van der Waals surface area contributed by atoms with Crippen molar-refractivity contribution in [2.75, 3.05) is 19.5 Å². The highest BCUT2D eigenvalue weighted by Gasteiger charge is 2.05. The first-order chi connectivity index (χ1) is 9.62. The van der Waals surface area contributed by atoms with Crippen molar-refractivity contribution in [1.29, 1.82) is 0 Å². The van der Waals surface area contributed by atoms with Crippen molar-refractivity contribution in [2.24, 2.45) is 0 Å². The van der Waals surface area contributed by atoms with Crippen LogP contribution in [-0.2, 0) is 6.54 Å². The van der Waals surface area contributed by atoms with Gasteiger partial charge in [-0.2, -0.15) is 0 Å². The van der Waals surface area contributed by atoms with Gasteiger partial charge in [0.15, 0.2) is 0 Å². The summed E-state index contributed by atoms with van der Waals surface area (Å²) in [6.07, 6.45) is 0. The first kappa shape index (κ1) is 14.7. The Balaban J connectivity index is 2.13. The molecule has 0 aromatic heterocycles. The third-order valence-corrected chi connectivity index (χ3v) is 3.34. The molecule has 0 atom stereocenters. The maximum Gasteiger partial charge on any atom is 0.129 e. The molecule has 0 aliphatic heterocycles. The van der Waals surface area contributed by atoms with Gasteiger partial charge in [-0.15, -0.1) is 0 Å². The van der Waals surface area contributed by atoms with Crippen LogP contribution in [0.3, 0.4) is 0 Å². The number of benzene rings is 2.